The van der Waals surface area contributed by atoms with E-state index in [2.05, 4.69) is 21.2 Å². The van der Waals surface area contributed by atoms with Crippen LogP contribution >= 0.6 is 15.9 Å². The molecule has 3 nitrogen and oxygen atoms in total. The van der Waals surface area contributed by atoms with Crippen LogP contribution in [0.15, 0.2) is 45.5 Å². The number of phenols is 1. The molecule has 15 heavy (non-hydrogen) atoms. The van der Waals surface area contributed by atoms with E-state index < -0.39 is 0 Å². The van der Waals surface area contributed by atoms with Gasteiger partial charge in [-0.3, -0.25) is 0 Å². The van der Waals surface area contributed by atoms with Crippen LogP contribution in [0.2, 0.25) is 0 Å². The minimum absolute atomic E-state index is 0.265. The quantitative estimate of drug-likeness (QED) is 0.839. The Morgan fingerprint density at radius 2 is 1.87 bits per heavy atom. The van der Waals surface area contributed by atoms with Crippen molar-refractivity contribution in [3.8, 4) is 5.75 Å². The molecule has 0 saturated heterocycles. The van der Waals surface area contributed by atoms with E-state index in [1.165, 1.54) is 0 Å². The first-order chi connectivity index (χ1) is 7.24. The zero-order valence-corrected chi connectivity index (χ0v) is 9.49. The molecule has 1 heterocycles. The van der Waals surface area contributed by atoms with E-state index in [0.717, 1.165) is 16.1 Å². The second-order valence-corrected chi connectivity index (χ2v) is 3.89. The summed E-state index contributed by atoms with van der Waals surface area (Å²) in [6.07, 6.45) is 0. The third kappa shape index (κ3) is 2.76. The van der Waals surface area contributed by atoms with Crippen molar-refractivity contribution in [2.24, 2.45) is 0 Å². The first-order valence-electron chi connectivity index (χ1n) is 4.51. The van der Waals surface area contributed by atoms with Gasteiger partial charge in [0.05, 0.1) is 6.54 Å². The number of furan rings is 1. The molecule has 0 atom stereocenters. The number of hydrogen-bond donors (Lipinski definition) is 2. The number of anilines is 1. The molecule has 0 fully saturated rings. The maximum atomic E-state index is 9.09. The molecule has 0 radical (unpaired) electrons. The van der Waals surface area contributed by atoms with Gasteiger partial charge in [-0.05, 0) is 52.3 Å². The van der Waals surface area contributed by atoms with E-state index in [1.54, 1.807) is 12.1 Å². The summed E-state index contributed by atoms with van der Waals surface area (Å²) in [7, 11) is 0. The normalized spacial score (nSPS) is 10.2. The van der Waals surface area contributed by atoms with Gasteiger partial charge in [0.1, 0.15) is 11.5 Å². The van der Waals surface area contributed by atoms with Crippen molar-refractivity contribution < 1.29 is 9.52 Å². The molecule has 0 aliphatic rings. The fourth-order valence-electron chi connectivity index (χ4n) is 1.22. The predicted molar refractivity (Wildman–Crippen MR) is 61.8 cm³/mol. The molecular weight excluding hydrogens is 258 g/mol. The summed E-state index contributed by atoms with van der Waals surface area (Å²) in [5.74, 6) is 1.12. The Labute approximate surface area is 95.9 Å². The summed E-state index contributed by atoms with van der Waals surface area (Å²) in [5.41, 5.74) is 0.945. The van der Waals surface area contributed by atoms with Crippen molar-refractivity contribution in [3.63, 3.8) is 0 Å². The number of rotatable bonds is 3. The zero-order valence-electron chi connectivity index (χ0n) is 7.90. The number of halogens is 1. The number of nitrogens with one attached hydrogen (secondary N) is 1. The summed E-state index contributed by atoms with van der Waals surface area (Å²) in [5, 5.41) is 12.3. The smallest absolute Gasteiger partial charge is 0.169 e. The van der Waals surface area contributed by atoms with Crippen molar-refractivity contribution in [1.82, 2.24) is 0 Å². The second-order valence-electron chi connectivity index (χ2n) is 3.11. The average molecular weight is 268 g/mol. The van der Waals surface area contributed by atoms with Crippen LogP contribution in [0, 0.1) is 0 Å². The third-order valence-electron chi connectivity index (χ3n) is 1.96. The molecule has 78 valence electrons. The lowest BCUT2D eigenvalue weighted by molar-refractivity contribution is 0.475. The van der Waals surface area contributed by atoms with E-state index in [1.807, 2.05) is 24.3 Å². The standard InChI is InChI=1S/C11H10BrNO2/c12-11-6-5-10(15-11)7-13-8-1-3-9(14)4-2-8/h1-6,13-14H,7H2. The molecule has 0 aliphatic carbocycles. The van der Waals surface area contributed by atoms with Gasteiger partial charge in [0.2, 0.25) is 0 Å². The summed E-state index contributed by atoms with van der Waals surface area (Å²) >= 11 is 3.24. The van der Waals surface area contributed by atoms with Gasteiger partial charge < -0.3 is 14.8 Å². The van der Waals surface area contributed by atoms with Crippen molar-refractivity contribution in [2.75, 3.05) is 5.32 Å². The van der Waals surface area contributed by atoms with Crippen LogP contribution in [0.1, 0.15) is 5.76 Å². The fraction of sp³-hybridized carbons (Fsp3) is 0.0909. The maximum Gasteiger partial charge on any atom is 0.169 e. The Morgan fingerprint density at radius 3 is 2.47 bits per heavy atom. The van der Waals surface area contributed by atoms with Gasteiger partial charge in [0.25, 0.3) is 0 Å². The van der Waals surface area contributed by atoms with E-state index in [9.17, 15) is 0 Å². The molecule has 2 aromatic rings. The molecule has 4 heteroatoms. The van der Waals surface area contributed by atoms with E-state index >= 15 is 0 Å². The molecule has 2 N–H and O–H groups in total. The molecule has 0 bridgehead atoms. The molecule has 0 amide bonds. The van der Waals surface area contributed by atoms with Gasteiger partial charge in [0, 0.05) is 5.69 Å². The highest BCUT2D eigenvalue weighted by molar-refractivity contribution is 9.10. The summed E-state index contributed by atoms with van der Waals surface area (Å²) in [6, 6.07) is 10.7. The molecule has 0 saturated carbocycles. The number of aromatic hydroxyl groups is 1. The van der Waals surface area contributed by atoms with Gasteiger partial charge in [-0.2, -0.15) is 0 Å². The van der Waals surface area contributed by atoms with Crippen LogP contribution in [-0.4, -0.2) is 5.11 Å². The maximum absolute atomic E-state index is 9.09. The third-order valence-corrected chi connectivity index (χ3v) is 2.39. The average Bonchev–Trinajstić information content (AvgIpc) is 2.64. The summed E-state index contributed by atoms with van der Waals surface area (Å²) in [4.78, 5) is 0. The van der Waals surface area contributed by atoms with Crippen molar-refractivity contribution in [2.45, 2.75) is 6.54 Å². The number of phenolic OH excluding ortho intramolecular Hbond substituents is 1. The lowest BCUT2D eigenvalue weighted by Gasteiger charge is -2.03. The molecule has 0 spiro atoms. The van der Waals surface area contributed by atoms with Crippen molar-refractivity contribution in [3.05, 3.63) is 46.8 Å². The van der Waals surface area contributed by atoms with E-state index in [0.29, 0.717) is 6.54 Å². The van der Waals surface area contributed by atoms with E-state index in [4.69, 9.17) is 9.52 Å². The highest BCUT2D eigenvalue weighted by Gasteiger charge is 1.99. The molecule has 1 aromatic heterocycles. The van der Waals surface area contributed by atoms with Gasteiger partial charge in [-0.25, -0.2) is 0 Å². The van der Waals surface area contributed by atoms with Crippen molar-refractivity contribution in [1.29, 1.82) is 0 Å². The van der Waals surface area contributed by atoms with Crippen LogP contribution in [0.5, 0.6) is 5.75 Å². The van der Waals surface area contributed by atoms with Crippen LogP contribution < -0.4 is 5.32 Å². The topological polar surface area (TPSA) is 45.4 Å². The molecular formula is C11H10BrNO2. The highest BCUT2D eigenvalue weighted by atomic mass is 79.9. The minimum atomic E-state index is 0.265. The van der Waals surface area contributed by atoms with Crippen LogP contribution in [-0.2, 0) is 6.54 Å². The Bertz CT molecular complexity index is 436. The molecule has 0 unspecified atom stereocenters. The summed E-state index contributed by atoms with van der Waals surface area (Å²) in [6.45, 7) is 0.621. The van der Waals surface area contributed by atoms with Gasteiger partial charge >= 0.3 is 0 Å². The van der Waals surface area contributed by atoms with Gasteiger partial charge in [-0.15, -0.1) is 0 Å². The number of benzene rings is 1. The van der Waals surface area contributed by atoms with Gasteiger partial charge in [0.15, 0.2) is 4.67 Å². The Kier molecular flexibility index (Phi) is 2.97. The van der Waals surface area contributed by atoms with Gasteiger partial charge in [-0.1, -0.05) is 0 Å². The lowest BCUT2D eigenvalue weighted by Crippen LogP contribution is -1.97. The highest BCUT2D eigenvalue weighted by Crippen LogP contribution is 2.17. The van der Waals surface area contributed by atoms with Crippen LogP contribution in [0.25, 0.3) is 0 Å². The first-order valence-corrected chi connectivity index (χ1v) is 5.30. The Balaban J connectivity index is 1.96. The molecule has 1 aromatic carbocycles. The summed E-state index contributed by atoms with van der Waals surface area (Å²) < 4.78 is 6.06. The Morgan fingerprint density at radius 1 is 1.13 bits per heavy atom. The monoisotopic (exact) mass is 267 g/mol. The van der Waals surface area contributed by atoms with Crippen molar-refractivity contribution >= 4 is 21.6 Å². The van der Waals surface area contributed by atoms with Crippen LogP contribution in [0.4, 0.5) is 5.69 Å². The molecule has 2 rings (SSSR count). The Hall–Kier alpha value is -1.42. The predicted octanol–water partition coefficient (Wildman–Crippen LogP) is 3.36. The fourth-order valence-corrected chi connectivity index (χ4v) is 1.56. The second kappa shape index (κ2) is 4.40. The number of hydrogen-bond acceptors (Lipinski definition) is 3. The molecule has 0 aliphatic heterocycles. The minimum Gasteiger partial charge on any atom is -0.508 e. The first kappa shape index (κ1) is 10.1. The largest absolute Gasteiger partial charge is 0.508 e. The zero-order chi connectivity index (χ0) is 10.7. The van der Waals surface area contributed by atoms with Crippen LogP contribution in [0.3, 0.4) is 0 Å². The van der Waals surface area contributed by atoms with E-state index in [-0.39, 0.29) is 5.75 Å². The SMILES string of the molecule is Oc1ccc(NCc2ccc(Br)o2)cc1. The lowest BCUT2D eigenvalue weighted by atomic mass is 10.3.